The standard InChI is InChI=1S/C12H16ClNO3/c1-8(2)14-7-11(12(15)16)17-10-5-3-4-9(13)6-10/h3-6,8,11,14H,7H2,1-2H3,(H,15,16). The number of benzene rings is 1. The smallest absolute Gasteiger partial charge is 0.346 e. The molecule has 0 amide bonds. The first-order chi connectivity index (χ1) is 7.99. The highest BCUT2D eigenvalue weighted by Gasteiger charge is 2.19. The monoisotopic (exact) mass is 257 g/mol. The lowest BCUT2D eigenvalue weighted by molar-refractivity contribution is -0.144. The van der Waals surface area contributed by atoms with E-state index >= 15 is 0 Å². The Labute approximate surface area is 106 Å². The Morgan fingerprint density at radius 1 is 1.53 bits per heavy atom. The van der Waals surface area contributed by atoms with Gasteiger partial charge in [-0.1, -0.05) is 31.5 Å². The minimum atomic E-state index is -1.00. The van der Waals surface area contributed by atoms with Crippen molar-refractivity contribution in [1.82, 2.24) is 5.32 Å². The fraction of sp³-hybridized carbons (Fsp3) is 0.417. The van der Waals surface area contributed by atoms with Gasteiger partial charge in [-0.05, 0) is 18.2 Å². The number of aliphatic carboxylic acids is 1. The summed E-state index contributed by atoms with van der Waals surface area (Å²) in [5, 5.41) is 12.6. The molecule has 0 bridgehead atoms. The number of ether oxygens (including phenoxy) is 1. The molecule has 0 saturated heterocycles. The van der Waals surface area contributed by atoms with Crippen molar-refractivity contribution in [3.05, 3.63) is 29.3 Å². The zero-order valence-corrected chi connectivity index (χ0v) is 10.6. The second-order valence-corrected chi connectivity index (χ2v) is 4.40. The molecule has 0 spiro atoms. The first-order valence-corrected chi connectivity index (χ1v) is 5.75. The predicted octanol–water partition coefficient (Wildman–Crippen LogP) is 2.17. The summed E-state index contributed by atoms with van der Waals surface area (Å²) in [6.45, 7) is 4.14. The summed E-state index contributed by atoms with van der Waals surface area (Å²) in [7, 11) is 0. The van der Waals surface area contributed by atoms with E-state index in [0.29, 0.717) is 10.8 Å². The van der Waals surface area contributed by atoms with E-state index in [0.717, 1.165) is 0 Å². The zero-order chi connectivity index (χ0) is 12.8. The summed E-state index contributed by atoms with van der Waals surface area (Å²) in [5.74, 6) is -0.548. The highest BCUT2D eigenvalue weighted by molar-refractivity contribution is 6.30. The lowest BCUT2D eigenvalue weighted by Gasteiger charge is -2.17. The fourth-order valence-electron chi connectivity index (χ4n) is 1.23. The number of carboxylic acids is 1. The van der Waals surface area contributed by atoms with Crippen LogP contribution in [0.3, 0.4) is 0 Å². The largest absolute Gasteiger partial charge is 0.478 e. The van der Waals surface area contributed by atoms with Gasteiger partial charge in [0.2, 0.25) is 6.10 Å². The molecule has 0 aliphatic carbocycles. The van der Waals surface area contributed by atoms with Gasteiger partial charge in [0.25, 0.3) is 0 Å². The van der Waals surface area contributed by atoms with E-state index in [1.165, 1.54) is 0 Å². The Hall–Kier alpha value is -1.26. The highest BCUT2D eigenvalue weighted by atomic mass is 35.5. The van der Waals surface area contributed by atoms with Gasteiger partial charge in [-0.25, -0.2) is 4.79 Å². The van der Waals surface area contributed by atoms with E-state index in [4.69, 9.17) is 21.4 Å². The van der Waals surface area contributed by atoms with Crippen molar-refractivity contribution in [2.45, 2.75) is 26.0 Å². The summed E-state index contributed by atoms with van der Waals surface area (Å²) in [6.07, 6.45) is -0.920. The van der Waals surface area contributed by atoms with Gasteiger partial charge in [-0.2, -0.15) is 0 Å². The molecule has 0 heterocycles. The summed E-state index contributed by atoms with van der Waals surface area (Å²) in [4.78, 5) is 11.0. The Kier molecular flexibility index (Phi) is 5.25. The van der Waals surface area contributed by atoms with E-state index in [2.05, 4.69) is 5.32 Å². The first-order valence-electron chi connectivity index (χ1n) is 5.37. The molecule has 1 aromatic carbocycles. The maximum atomic E-state index is 11.0. The van der Waals surface area contributed by atoms with Crippen molar-refractivity contribution in [3.63, 3.8) is 0 Å². The lowest BCUT2D eigenvalue weighted by Crippen LogP contribution is -2.40. The Bertz CT molecular complexity index is 382. The van der Waals surface area contributed by atoms with Gasteiger partial charge in [0.05, 0.1) is 0 Å². The maximum Gasteiger partial charge on any atom is 0.346 e. The van der Waals surface area contributed by atoms with Crippen LogP contribution in [0.2, 0.25) is 5.02 Å². The van der Waals surface area contributed by atoms with Crippen LogP contribution >= 0.6 is 11.6 Å². The number of carboxylic acid groups (broad SMARTS) is 1. The van der Waals surface area contributed by atoms with E-state index < -0.39 is 12.1 Å². The molecule has 1 aromatic rings. The van der Waals surface area contributed by atoms with Gasteiger partial charge in [0.15, 0.2) is 0 Å². The molecule has 2 N–H and O–H groups in total. The molecule has 0 aliphatic heterocycles. The van der Waals surface area contributed by atoms with Gasteiger partial charge in [-0.15, -0.1) is 0 Å². The van der Waals surface area contributed by atoms with Crippen molar-refractivity contribution >= 4 is 17.6 Å². The molecule has 1 unspecified atom stereocenters. The maximum absolute atomic E-state index is 11.0. The predicted molar refractivity (Wildman–Crippen MR) is 66.6 cm³/mol. The summed E-state index contributed by atoms with van der Waals surface area (Å²) in [6, 6.07) is 6.90. The molecular weight excluding hydrogens is 242 g/mol. The molecule has 1 atom stereocenters. The van der Waals surface area contributed by atoms with Crippen LogP contribution in [0.1, 0.15) is 13.8 Å². The molecule has 17 heavy (non-hydrogen) atoms. The van der Waals surface area contributed by atoms with Gasteiger partial charge in [0, 0.05) is 17.6 Å². The number of carbonyl (C=O) groups is 1. The zero-order valence-electron chi connectivity index (χ0n) is 9.81. The van der Waals surface area contributed by atoms with Gasteiger partial charge in [0.1, 0.15) is 5.75 Å². The van der Waals surface area contributed by atoms with Crippen LogP contribution in [0.5, 0.6) is 5.75 Å². The van der Waals surface area contributed by atoms with Gasteiger partial charge >= 0.3 is 5.97 Å². The van der Waals surface area contributed by atoms with E-state index in [1.807, 2.05) is 13.8 Å². The second kappa shape index (κ2) is 6.47. The van der Waals surface area contributed by atoms with E-state index in [-0.39, 0.29) is 12.6 Å². The molecule has 5 heteroatoms. The number of hydrogen-bond donors (Lipinski definition) is 2. The van der Waals surface area contributed by atoms with Crippen LogP contribution in [0.15, 0.2) is 24.3 Å². The SMILES string of the molecule is CC(C)NCC(Oc1cccc(Cl)c1)C(=O)O. The molecule has 0 aliphatic rings. The molecule has 4 nitrogen and oxygen atoms in total. The number of halogens is 1. The third-order valence-corrected chi connectivity index (χ3v) is 2.30. The minimum absolute atomic E-state index is 0.208. The molecule has 0 saturated carbocycles. The quantitative estimate of drug-likeness (QED) is 0.820. The lowest BCUT2D eigenvalue weighted by atomic mass is 10.3. The second-order valence-electron chi connectivity index (χ2n) is 3.97. The topological polar surface area (TPSA) is 58.6 Å². The van der Waals surface area contributed by atoms with Crippen LogP contribution in [-0.4, -0.2) is 29.8 Å². The molecule has 0 fully saturated rings. The number of nitrogens with one attached hydrogen (secondary N) is 1. The molecule has 0 aromatic heterocycles. The first kappa shape index (κ1) is 13.8. The molecule has 94 valence electrons. The van der Waals surface area contributed by atoms with Crippen LogP contribution in [-0.2, 0) is 4.79 Å². The third-order valence-electron chi connectivity index (χ3n) is 2.06. The number of rotatable bonds is 6. The van der Waals surface area contributed by atoms with Gasteiger partial charge < -0.3 is 15.2 Å². The summed E-state index contributed by atoms with van der Waals surface area (Å²) >= 11 is 5.79. The Balaban J connectivity index is 2.63. The van der Waals surface area contributed by atoms with Crippen LogP contribution < -0.4 is 10.1 Å². The van der Waals surface area contributed by atoms with E-state index in [1.54, 1.807) is 24.3 Å². The normalized spacial score (nSPS) is 12.5. The van der Waals surface area contributed by atoms with Crippen LogP contribution in [0.4, 0.5) is 0 Å². The van der Waals surface area contributed by atoms with Crippen molar-refractivity contribution in [3.8, 4) is 5.75 Å². The molecular formula is C12H16ClNO3. The average Bonchev–Trinajstić information content (AvgIpc) is 2.23. The summed E-state index contributed by atoms with van der Waals surface area (Å²) < 4.78 is 5.36. The van der Waals surface area contributed by atoms with Crippen LogP contribution in [0, 0.1) is 0 Å². The van der Waals surface area contributed by atoms with Gasteiger partial charge in [-0.3, -0.25) is 0 Å². The highest BCUT2D eigenvalue weighted by Crippen LogP contribution is 2.18. The molecule has 1 rings (SSSR count). The fourth-order valence-corrected chi connectivity index (χ4v) is 1.41. The van der Waals surface area contributed by atoms with Crippen molar-refractivity contribution in [1.29, 1.82) is 0 Å². The van der Waals surface area contributed by atoms with Crippen LogP contribution in [0.25, 0.3) is 0 Å². The van der Waals surface area contributed by atoms with Crippen molar-refractivity contribution in [2.24, 2.45) is 0 Å². The minimum Gasteiger partial charge on any atom is -0.478 e. The van der Waals surface area contributed by atoms with Crippen molar-refractivity contribution in [2.75, 3.05) is 6.54 Å². The number of hydrogen-bond acceptors (Lipinski definition) is 3. The molecule has 0 radical (unpaired) electrons. The Morgan fingerprint density at radius 3 is 2.76 bits per heavy atom. The Morgan fingerprint density at radius 2 is 2.24 bits per heavy atom. The average molecular weight is 258 g/mol. The van der Waals surface area contributed by atoms with Crippen molar-refractivity contribution < 1.29 is 14.6 Å². The van der Waals surface area contributed by atoms with E-state index in [9.17, 15) is 4.79 Å². The summed E-state index contributed by atoms with van der Waals surface area (Å²) in [5.41, 5.74) is 0. The third kappa shape index (κ3) is 5.06.